The second-order valence-corrected chi connectivity index (χ2v) is 7.24. The third-order valence-electron chi connectivity index (χ3n) is 5.03. The molecule has 0 atom stereocenters. The molecular formula is C19H29ClN2O2. The number of piperidine rings is 1. The van der Waals surface area contributed by atoms with Gasteiger partial charge in [-0.05, 0) is 49.8 Å². The third-order valence-corrected chi connectivity index (χ3v) is 5.26. The largest absolute Gasteiger partial charge is 0.389 e. The Morgan fingerprint density at radius 1 is 1.29 bits per heavy atom. The van der Waals surface area contributed by atoms with Gasteiger partial charge in [-0.3, -0.25) is 0 Å². The summed E-state index contributed by atoms with van der Waals surface area (Å²) in [4.78, 5) is 14.2. The molecule has 1 aromatic rings. The Morgan fingerprint density at radius 3 is 2.46 bits per heavy atom. The smallest absolute Gasteiger partial charge is 0.321 e. The summed E-state index contributed by atoms with van der Waals surface area (Å²) < 4.78 is 0. The molecule has 24 heavy (non-hydrogen) atoms. The quantitative estimate of drug-likeness (QED) is 0.763. The Bertz CT molecular complexity index is 536. The number of urea groups is 1. The highest BCUT2D eigenvalue weighted by molar-refractivity contribution is 6.30. The molecule has 0 aliphatic carbocycles. The number of carbonyl (C=O) groups is 1. The number of nitrogens with one attached hydrogen (secondary N) is 1. The van der Waals surface area contributed by atoms with Crippen LogP contribution in [0.5, 0.6) is 0 Å². The first-order valence-corrected chi connectivity index (χ1v) is 9.40. The first-order chi connectivity index (χ1) is 11.5. The van der Waals surface area contributed by atoms with E-state index in [1.165, 1.54) is 0 Å². The van der Waals surface area contributed by atoms with Gasteiger partial charge in [0.05, 0.1) is 5.60 Å². The van der Waals surface area contributed by atoms with Crippen LogP contribution in [0.15, 0.2) is 24.3 Å². The van der Waals surface area contributed by atoms with Crippen molar-refractivity contribution in [2.45, 2.75) is 58.0 Å². The van der Waals surface area contributed by atoms with Gasteiger partial charge in [0, 0.05) is 23.8 Å². The summed E-state index contributed by atoms with van der Waals surface area (Å²) in [6.45, 7) is 5.51. The molecule has 5 heteroatoms. The highest BCUT2D eigenvalue weighted by Crippen LogP contribution is 2.35. The lowest BCUT2D eigenvalue weighted by Crippen LogP contribution is -2.51. The van der Waals surface area contributed by atoms with Crippen LogP contribution in [0, 0.1) is 5.92 Å². The van der Waals surface area contributed by atoms with Crippen molar-refractivity contribution < 1.29 is 9.90 Å². The summed E-state index contributed by atoms with van der Waals surface area (Å²) in [5, 5.41) is 14.5. The zero-order valence-corrected chi connectivity index (χ0v) is 15.5. The molecule has 0 spiro atoms. The topological polar surface area (TPSA) is 52.6 Å². The number of hydrogen-bond acceptors (Lipinski definition) is 2. The standard InChI is InChI=1S/C19H29ClN2O2/c1-3-6-15(7-4-2)19(24)10-12-22(13-11-19)18(23)21-17-9-5-8-16(20)14-17/h5,8-9,14-15,24H,3-4,6-7,10-13H2,1-2H3,(H,21,23). The lowest BCUT2D eigenvalue weighted by Gasteiger charge is -2.43. The highest BCUT2D eigenvalue weighted by Gasteiger charge is 2.39. The van der Waals surface area contributed by atoms with Crippen molar-refractivity contribution in [3.05, 3.63) is 29.3 Å². The van der Waals surface area contributed by atoms with Crippen LogP contribution in [0.4, 0.5) is 10.5 Å². The van der Waals surface area contributed by atoms with E-state index in [2.05, 4.69) is 19.2 Å². The Balaban J connectivity index is 1.92. The maximum Gasteiger partial charge on any atom is 0.321 e. The van der Waals surface area contributed by atoms with E-state index in [0.717, 1.165) is 25.7 Å². The summed E-state index contributed by atoms with van der Waals surface area (Å²) >= 11 is 5.95. The number of carbonyl (C=O) groups excluding carboxylic acids is 1. The predicted octanol–water partition coefficient (Wildman–Crippen LogP) is 4.92. The second-order valence-electron chi connectivity index (χ2n) is 6.81. The first-order valence-electron chi connectivity index (χ1n) is 9.02. The molecule has 0 radical (unpaired) electrons. The van der Waals surface area contributed by atoms with E-state index in [4.69, 9.17) is 11.6 Å². The molecule has 1 aliphatic rings. The van der Waals surface area contributed by atoms with Gasteiger partial charge in [-0.25, -0.2) is 4.79 Å². The second kappa shape index (κ2) is 8.72. The van der Waals surface area contributed by atoms with Gasteiger partial charge in [-0.1, -0.05) is 44.4 Å². The van der Waals surface area contributed by atoms with Gasteiger partial charge >= 0.3 is 6.03 Å². The van der Waals surface area contributed by atoms with E-state index in [9.17, 15) is 9.90 Å². The Labute approximate surface area is 150 Å². The Kier molecular flexibility index (Phi) is 6.93. The number of anilines is 1. The first kappa shape index (κ1) is 19.1. The molecular weight excluding hydrogens is 324 g/mol. The van der Waals surface area contributed by atoms with Gasteiger partial charge in [-0.2, -0.15) is 0 Å². The summed E-state index contributed by atoms with van der Waals surface area (Å²) in [5.74, 6) is 0.339. The molecule has 0 aromatic heterocycles. The minimum absolute atomic E-state index is 0.123. The van der Waals surface area contributed by atoms with Crippen LogP contribution >= 0.6 is 11.6 Å². The number of nitrogens with zero attached hydrogens (tertiary/aromatic N) is 1. The van der Waals surface area contributed by atoms with E-state index in [0.29, 0.717) is 42.6 Å². The van der Waals surface area contributed by atoms with Crippen LogP contribution in [-0.2, 0) is 0 Å². The fraction of sp³-hybridized carbons (Fsp3) is 0.632. The Morgan fingerprint density at radius 2 is 1.92 bits per heavy atom. The van der Waals surface area contributed by atoms with Gasteiger partial charge in [0.1, 0.15) is 0 Å². The molecule has 4 nitrogen and oxygen atoms in total. The monoisotopic (exact) mass is 352 g/mol. The number of hydrogen-bond donors (Lipinski definition) is 2. The minimum atomic E-state index is -0.626. The highest BCUT2D eigenvalue weighted by atomic mass is 35.5. The van der Waals surface area contributed by atoms with Gasteiger partial charge < -0.3 is 15.3 Å². The van der Waals surface area contributed by atoms with Crippen molar-refractivity contribution in [1.29, 1.82) is 0 Å². The van der Waals surface area contributed by atoms with Crippen LogP contribution in [0.2, 0.25) is 5.02 Å². The molecule has 0 unspecified atom stereocenters. The normalized spacial score (nSPS) is 17.1. The zero-order chi connectivity index (χ0) is 17.6. The Hall–Kier alpha value is -1.26. The predicted molar refractivity (Wildman–Crippen MR) is 99.5 cm³/mol. The molecule has 2 amide bonds. The van der Waals surface area contributed by atoms with Gasteiger partial charge in [-0.15, -0.1) is 0 Å². The maximum absolute atomic E-state index is 12.4. The fourth-order valence-corrected chi connectivity index (χ4v) is 3.84. The maximum atomic E-state index is 12.4. The number of aliphatic hydroxyl groups is 1. The van der Waals surface area contributed by atoms with E-state index >= 15 is 0 Å². The average Bonchev–Trinajstić information content (AvgIpc) is 2.55. The zero-order valence-electron chi connectivity index (χ0n) is 14.7. The molecule has 2 N–H and O–H groups in total. The number of benzene rings is 1. The molecule has 1 heterocycles. The summed E-state index contributed by atoms with van der Waals surface area (Å²) in [6.07, 6.45) is 5.59. The average molecular weight is 353 g/mol. The molecule has 1 aliphatic heterocycles. The summed E-state index contributed by atoms with van der Waals surface area (Å²) in [6, 6.07) is 7.02. The van der Waals surface area contributed by atoms with Gasteiger partial charge in [0.2, 0.25) is 0 Å². The number of amides is 2. The van der Waals surface area contributed by atoms with Crippen LogP contribution in [-0.4, -0.2) is 34.7 Å². The van der Waals surface area contributed by atoms with E-state index < -0.39 is 5.60 Å². The van der Waals surface area contributed by atoms with Crippen LogP contribution in [0.25, 0.3) is 0 Å². The van der Waals surface area contributed by atoms with Gasteiger partial charge in [0.25, 0.3) is 0 Å². The van der Waals surface area contributed by atoms with E-state index in [-0.39, 0.29) is 6.03 Å². The third kappa shape index (κ3) is 4.87. The van der Waals surface area contributed by atoms with Gasteiger partial charge in [0.15, 0.2) is 0 Å². The van der Waals surface area contributed by atoms with Crippen LogP contribution in [0.1, 0.15) is 52.4 Å². The number of rotatable bonds is 6. The minimum Gasteiger partial charge on any atom is -0.389 e. The molecule has 1 saturated heterocycles. The van der Waals surface area contributed by atoms with Crippen molar-refractivity contribution in [2.75, 3.05) is 18.4 Å². The number of halogens is 1. The molecule has 0 saturated carbocycles. The lowest BCUT2D eigenvalue weighted by molar-refractivity contribution is -0.0651. The molecule has 0 bridgehead atoms. The van der Waals surface area contributed by atoms with E-state index in [1.807, 2.05) is 12.1 Å². The van der Waals surface area contributed by atoms with Crippen molar-refractivity contribution in [3.8, 4) is 0 Å². The van der Waals surface area contributed by atoms with Crippen molar-refractivity contribution in [1.82, 2.24) is 4.90 Å². The fourth-order valence-electron chi connectivity index (χ4n) is 3.65. The molecule has 1 aromatic carbocycles. The summed E-state index contributed by atoms with van der Waals surface area (Å²) in [5.41, 5.74) is 0.0713. The summed E-state index contributed by atoms with van der Waals surface area (Å²) in [7, 11) is 0. The molecule has 2 rings (SSSR count). The van der Waals surface area contributed by atoms with Crippen LogP contribution in [0.3, 0.4) is 0 Å². The van der Waals surface area contributed by atoms with Crippen LogP contribution < -0.4 is 5.32 Å². The van der Waals surface area contributed by atoms with Crippen molar-refractivity contribution in [2.24, 2.45) is 5.92 Å². The SMILES string of the molecule is CCCC(CCC)C1(O)CCN(C(=O)Nc2cccc(Cl)c2)CC1. The molecule has 134 valence electrons. The van der Waals surface area contributed by atoms with Crippen molar-refractivity contribution in [3.63, 3.8) is 0 Å². The van der Waals surface area contributed by atoms with Crippen molar-refractivity contribution >= 4 is 23.3 Å². The number of likely N-dealkylation sites (tertiary alicyclic amines) is 1. The molecule has 1 fully saturated rings. The van der Waals surface area contributed by atoms with E-state index in [1.54, 1.807) is 17.0 Å². The lowest BCUT2D eigenvalue weighted by atomic mass is 9.75.